The van der Waals surface area contributed by atoms with E-state index in [1.165, 1.54) is 6.20 Å². The van der Waals surface area contributed by atoms with Crippen molar-refractivity contribution in [2.45, 2.75) is 48.0 Å². The number of benzene rings is 1. The Morgan fingerprint density at radius 1 is 1.14 bits per heavy atom. The Balaban J connectivity index is 2.01. The van der Waals surface area contributed by atoms with Crippen LogP contribution in [0.15, 0.2) is 58.4 Å². The number of para-hydroxylation sites is 1. The van der Waals surface area contributed by atoms with E-state index in [1.807, 2.05) is 6.07 Å². The first-order chi connectivity index (χ1) is 13.4. The Labute approximate surface area is 171 Å². The molecule has 0 saturated heterocycles. The van der Waals surface area contributed by atoms with E-state index in [4.69, 9.17) is 0 Å². The highest BCUT2D eigenvalue weighted by Gasteiger charge is 2.37. The molecule has 0 spiro atoms. The molecule has 1 aromatic heterocycles. The Hall–Kier alpha value is -2.82. The summed E-state index contributed by atoms with van der Waals surface area (Å²) in [5.41, 5.74) is 1.74. The number of H-pyrrole nitrogens is 1. The van der Waals surface area contributed by atoms with Crippen LogP contribution in [-0.4, -0.2) is 16.0 Å². The molecule has 0 aliphatic heterocycles. The molecule has 1 aromatic carbocycles. The van der Waals surface area contributed by atoms with Gasteiger partial charge in [-0.2, -0.15) is 0 Å². The van der Waals surface area contributed by atoms with Crippen molar-refractivity contribution >= 4 is 16.8 Å². The monoisotopic (exact) mass is 394 g/mol. The highest BCUT2D eigenvalue weighted by atomic mass is 16.3. The van der Waals surface area contributed by atoms with E-state index >= 15 is 0 Å². The number of rotatable bonds is 2. The molecule has 1 atom stereocenters. The minimum Gasteiger partial charge on any atom is -0.508 e. The normalized spacial score (nSPS) is 18.0. The first-order valence-electron chi connectivity index (χ1n) is 9.95. The van der Waals surface area contributed by atoms with Gasteiger partial charge in [-0.1, -0.05) is 53.7 Å². The van der Waals surface area contributed by atoms with Crippen LogP contribution in [0.2, 0.25) is 0 Å². The fraction of sp³-hybridized carbons (Fsp3) is 0.417. The smallest absolute Gasteiger partial charge is 0.260 e. The van der Waals surface area contributed by atoms with Crippen molar-refractivity contribution in [3.05, 3.63) is 69.4 Å². The molecule has 0 saturated carbocycles. The van der Waals surface area contributed by atoms with Gasteiger partial charge in [-0.15, -0.1) is 0 Å². The molecule has 0 bridgehead atoms. The van der Waals surface area contributed by atoms with Gasteiger partial charge in [0.15, 0.2) is 0 Å². The number of hydrogen-bond donors (Lipinski definition) is 3. The maximum Gasteiger partial charge on any atom is 0.260 e. The molecule has 1 aliphatic rings. The summed E-state index contributed by atoms with van der Waals surface area (Å²) in [6, 6.07) is 7.11. The van der Waals surface area contributed by atoms with E-state index in [9.17, 15) is 14.7 Å². The number of carbonyl (C=O) groups is 1. The van der Waals surface area contributed by atoms with Crippen molar-refractivity contribution in [3.8, 4) is 0 Å². The van der Waals surface area contributed by atoms with Crippen LogP contribution in [0.5, 0.6) is 0 Å². The topological polar surface area (TPSA) is 82.2 Å². The van der Waals surface area contributed by atoms with Crippen molar-refractivity contribution in [2.24, 2.45) is 16.7 Å². The van der Waals surface area contributed by atoms with Crippen LogP contribution in [0.4, 0.5) is 0 Å². The standard InChI is InChI=1S/C24H30N2O3/c1-23(2,3)16-11-17(24(4,5)6)20(27)12-19(16)26-22(29)15-13-25-18-10-8-7-9-14(18)21(15)28/h7-10,12-13,16,27H,11H2,1-6H3,(H,25,28)(H,26,29). The second kappa shape index (κ2) is 7.21. The van der Waals surface area contributed by atoms with Gasteiger partial charge in [-0.3, -0.25) is 9.59 Å². The number of nitrogens with one attached hydrogen (secondary N) is 2. The number of amides is 1. The van der Waals surface area contributed by atoms with E-state index in [2.05, 4.69) is 51.8 Å². The Morgan fingerprint density at radius 2 is 1.79 bits per heavy atom. The van der Waals surface area contributed by atoms with E-state index < -0.39 is 5.91 Å². The summed E-state index contributed by atoms with van der Waals surface area (Å²) in [4.78, 5) is 28.8. The molecule has 0 fully saturated rings. The number of allylic oxidation sites excluding steroid dienone is 3. The summed E-state index contributed by atoms with van der Waals surface area (Å²) < 4.78 is 0. The first-order valence-corrected chi connectivity index (χ1v) is 9.95. The van der Waals surface area contributed by atoms with Crippen molar-refractivity contribution < 1.29 is 9.90 Å². The average molecular weight is 395 g/mol. The molecule has 2 aromatic rings. The summed E-state index contributed by atoms with van der Waals surface area (Å²) >= 11 is 0. The highest BCUT2D eigenvalue weighted by Crippen LogP contribution is 2.44. The lowest BCUT2D eigenvalue weighted by atomic mass is 9.68. The molecule has 5 heteroatoms. The van der Waals surface area contributed by atoms with Crippen molar-refractivity contribution in [1.29, 1.82) is 0 Å². The van der Waals surface area contributed by atoms with Crippen molar-refractivity contribution in [1.82, 2.24) is 10.3 Å². The summed E-state index contributed by atoms with van der Waals surface area (Å²) in [5.74, 6) is -0.263. The van der Waals surface area contributed by atoms with Crippen LogP contribution >= 0.6 is 0 Å². The Bertz CT molecular complexity index is 1080. The van der Waals surface area contributed by atoms with Crippen molar-refractivity contribution in [2.75, 3.05) is 0 Å². The molecule has 29 heavy (non-hydrogen) atoms. The molecule has 5 nitrogen and oxygen atoms in total. The molecule has 3 rings (SSSR count). The fourth-order valence-corrected chi connectivity index (χ4v) is 3.87. The van der Waals surface area contributed by atoms with Gasteiger partial charge in [-0.05, 0) is 41.0 Å². The predicted octanol–water partition coefficient (Wildman–Crippen LogP) is 5.07. The van der Waals surface area contributed by atoms with Gasteiger partial charge in [0.05, 0.1) is 0 Å². The van der Waals surface area contributed by atoms with Gasteiger partial charge >= 0.3 is 0 Å². The Kier molecular flexibility index (Phi) is 5.20. The number of aliphatic hydroxyl groups is 1. The minimum absolute atomic E-state index is 0.0103. The second-order valence-electron chi connectivity index (χ2n) is 9.87. The number of fused-ring (bicyclic) bond motifs is 1. The van der Waals surface area contributed by atoms with Gasteiger partial charge in [0.2, 0.25) is 5.43 Å². The van der Waals surface area contributed by atoms with Gasteiger partial charge in [0, 0.05) is 28.7 Å². The molecular weight excluding hydrogens is 364 g/mol. The number of aliphatic hydroxyl groups excluding tert-OH is 1. The maximum atomic E-state index is 13.0. The van der Waals surface area contributed by atoms with E-state index in [-0.39, 0.29) is 33.5 Å². The fourth-order valence-electron chi connectivity index (χ4n) is 3.87. The molecule has 1 heterocycles. The van der Waals surface area contributed by atoms with Crippen LogP contribution in [0.3, 0.4) is 0 Å². The van der Waals surface area contributed by atoms with Gasteiger partial charge < -0.3 is 15.4 Å². The number of carbonyl (C=O) groups excluding carboxylic acids is 1. The lowest BCUT2D eigenvalue weighted by molar-refractivity contribution is 0.0952. The van der Waals surface area contributed by atoms with E-state index in [0.29, 0.717) is 23.0 Å². The van der Waals surface area contributed by atoms with Gasteiger partial charge in [0.1, 0.15) is 11.3 Å². The van der Waals surface area contributed by atoms with Crippen molar-refractivity contribution in [3.63, 3.8) is 0 Å². The summed E-state index contributed by atoms with van der Waals surface area (Å²) in [6.07, 6.45) is 3.75. The van der Waals surface area contributed by atoms with Crippen LogP contribution in [0, 0.1) is 16.7 Å². The lowest BCUT2D eigenvalue weighted by Gasteiger charge is -2.39. The number of hydrogen-bond acceptors (Lipinski definition) is 3. The molecule has 154 valence electrons. The minimum atomic E-state index is -0.468. The molecule has 3 N–H and O–H groups in total. The van der Waals surface area contributed by atoms with Crippen LogP contribution < -0.4 is 10.7 Å². The quantitative estimate of drug-likeness (QED) is 0.665. The van der Waals surface area contributed by atoms with E-state index in [0.717, 1.165) is 5.57 Å². The van der Waals surface area contributed by atoms with Gasteiger partial charge in [-0.25, -0.2) is 0 Å². The average Bonchev–Trinajstić information content (AvgIpc) is 2.60. The number of aromatic amines is 1. The predicted molar refractivity (Wildman–Crippen MR) is 117 cm³/mol. The summed E-state index contributed by atoms with van der Waals surface area (Å²) in [6.45, 7) is 12.6. The van der Waals surface area contributed by atoms with Gasteiger partial charge in [0.25, 0.3) is 5.91 Å². The largest absolute Gasteiger partial charge is 0.508 e. The van der Waals surface area contributed by atoms with Crippen LogP contribution in [0.25, 0.3) is 10.9 Å². The zero-order chi connectivity index (χ0) is 21.6. The number of pyridine rings is 1. The summed E-state index contributed by atoms with van der Waals surface area (Å²) in [7, 11) is 0. The highest BCUT2D eigenvalue weighted by molar-refractivity contribution is 5.98. The Morgan fingerprint density at radius 3 is 2.41 bits per heavy atom. The third-order valence-corrected chi connectivity index (χ3v) is 5.63. The molecular formula is C24H30N2O3. The zero-order valence-corrected chi connectivity index (χ0v) is 18.0. The maximum absolute atomic E-state index is 13.0. The summed E-state index contributed by atoms with van der Waals surface area (Å²) in [5, 5.41) is 14.0. The van der Waals surface area contributed by atoms with Crippen LogP contribution in [0.1, 0.15) is 58.3 Å². The SMILES string of the molecule is CC(C)(C)C1=C(O)C=C(NC(=O)c2c[nH]c3ccccc3c2=O)C(C(C)(C)C)C1. The molecule has 1 aliphatic carbocycles. The molecule has 1 amide bonds. The second-order valence-corrected chi connectivity index (χ2v) is 9.87. The zero-order valence-electron chi connectivity index (χ0n) is 18.0. The third-order valence-electron chi connectivity index (χ3n) is 5.63. The lowest BCUT2D eigenvalue weighted by Crippen LogP contribution is -2.38. The first kappa shape index (κ1) is 20.9. The third kappa shape index (κ3) is 4.14. The molecule has 1 unspecified atom stereocenters. The van der Waals surface area contributed by atoms with E-state index in [1.54, 1.807) is 24.3 Å². The number of aromatic nitrogens is 1. The van der Waals surface area contributed by atoms with Crippen LogP contribution in [-0.2, 0) is 0 Å². The molecule has 0 radical (unpaired) electrons.